The Morgan fingerprint density at radius 3 is 2.17 bits per heavy atom. The zero-order valence-electron chi connectivity index (χ0n) is 13.2. The Hall–Kier alpha value is -2.64. The van der Waals surface area contributed by atoms with Crippen molar-refractivity contribution in [1.29, 1.82) is 0 Å². The van der Waals surface area contributed by atoms with E-state index in [1.165, 1.54) is 32.7 Å². The molecule has 0 spiro atoms. The molecule has 0 fully saturated rings. The topological polar surface area (TPSA) is 26.0 Å². The Morgan fingerprint density at radius 2 is 1.35 bits per heavy atom. The van der Waals surface area contributed by atoms with Crippen LogP contribution in [0.4, 0.5) is 0 Å². The van der Waals surface area contributed by atoms with Crippen molar-refractivity contribution in [3.8, 4) is 0 Å². The van der Waals surface area contributed by atoms with Gasteiger partial charge in [0, 0.05) is 0 Å². The third kappa shape index (κ3) is 2.39. The standard InChI is InChI=1S/C22H19N/c1-15-20-9-5-4-7-17(20)12-13-21(15)22(23)19-11-10-16-6-2-3-8-18(16)14-19/h2-14,22H,23H2,1H3. The van der Waals surface area contributed by atoms with Crippen molar-refractivity contribution in [2.75, 3.05) is 0 Å². The minimum absolute atomic E-state index is 0.107. The van der Waals surface area contributed by atoms with Crippen molar-refractivity contribution < 1.29 is 0 Å². The first-order valence-corrected chi connectivity index (χ1v) is 7.96. The summed E-state index contributed by atoms with van der Waals surface area (Å²) in [5.41, 5.74) is 10.2. The van der Waals surface area contributed by atoms with Gasteiger partial charge >= 0.3 is 0 Å². The van der Waals surface area contributed by atoms with E-state index in [2.05, 4.69) is 85.8 Å². The summed E-state index contributed by atoms with van der Waals surface area (Å²) < 4.78 is 0. The molecule has 1 unspecified atom stereocenters. The fourth-order valence-corrected chi connectivity index (χ4v) is 3.36. The third-order valence-corrected chi connectivity index (χ3v) is 4.71. The van der Waals surface area contributed by atoms with Crippen molar-refractivity contribution in [2.45, 2.75) is 13.0 Å². The van der Waals surface area contributed by atoms with E-state index in [4.69, 9.17) is 5.73 Å². The van der Waals surface area contributed by atoms with Gasteiger partial charge in [0.25, 0.3) is 0 Å². The molecular weight excluding hydrogens is 278 g/mol. The van der Waals surface area contributed by atoms with Crippen LogP contribution in [0.15, 0.2) is 78.9 Å². The Bertz CT molecular complexity index is 1000. The normalized spacial score (nSPS) is 12.6. The summed E-state index contributed by atoms with van der Waals surface area (Å²) in [6, 6.07) is 27.6. The number of hydrogen-bond donors (Lipinski definition) is 1. The van der Waals surface area contributed by atoms with E-state index < -0.39 is 0 Å². The molecule has 0 saturated carbocycles. The predicted octanol–water partition coefficient (Wildman–Crippen LogP) is 5.35. The molecule has 0 bridgehead atoms. The lowest BCUT2D eigenvalue weighted by molar-refractivity contribution is 0.866. The summed E-state index contributed by atoms with van der Waals surface area (Å²) in [7, 11) is 0. The van der Waals surface area contributed by atoms with E-state index >= 15 is 0 Å². The van der Waals surface area contributed by atoms with Crippen LogP contribution in [0.25, 0.3) is 21.5 Å². The largest absolute Gasteiger partial charge is 0.320 e. The van der Waals surface area contributed by atoms with Gasteiger partial charge in [-0.25, -0.2) is 0 Å². The molecule has 0 amide bonds. The molecule has 0 aliphatic heterocycles. The summed E-state index contributed by atoms with van der Waals surface area (Å²) in [6.07, 6.45) is 0. The summed E-state index contributed by atoms with van der Waals surface area (Å²) >= 11 is 0. The highest BCUT2D eigenvalue weighted by Crippen LogP contribution is 2.29. The minimum Gasteiger partial charge on any atom is -0.320 e. The van der Waals surface area contributed by atoms with E-state index in [0.717, 1.165) is 5.56 Å². The quantitative estimate of drug-likeness (QED) is 0.530. The smallest absolute Gasteiger partial charge is 0.0554 e. The van der Waals surface area contributed by atoms with Gasteiger partial charge in [0.1, 0.15) is 0 Å². The molecule has 0 aliphatic rings. The molecule has 0 saturated heterocycles. The van der Waals surface area contributed by atoms with Gasteiger partial charge in [-0.2, -0.15) is 0 Å². The van der Waals surface area contributed by atoms with Crippen molar-refractivity contribution in [3.63, 3.8) is 0 Å². The monoisotopic (exact) mass is 297 g/mol. The highest BCUT2D eigenvalue weighted by Gasteiger charge is 2.13. The molecule has 0 aliphatic carbocycles. The number of rotatable bonds is 2. The van der Waals surface area contributed by atoms with Crippen LogP contribution < -0.4 is 5.73 Å². The molecule has 4 rings (SSSR count). The number of aryl methyl sites for hydroxylation is 1. The van der Waals surface area contributed by atoms with Gasteiger partial charge in [0.05, 0.1) is 6.04 Å². The van der Waals surface area contributed by atoms with Crippen LogP contribution in [-0.2, 0) is 0 Å². The molecule has 2 N–H and O–H groups in total. The second kappa shape index (κ2) is 5.53. The van der Waals surface area contributed by atoms with Crippen LogP contribution in [0.5, 0.6) is 0 Å². The molecular formula is C22H19N. The third-order valence-electron chi connectivity index (χ3n) is 4.71. The second-order valence-corrected chi connectivity index (χ2v) is 6.09. The molecule has 4 aromatic rings. The van der Waals surface area contributed by atoms with Crippen LogP contribution in [0.2, 0.25) is 0 Å². The SMILES string of the molecule is Cc1c(C(N)c2ccc3ccccc3c2)ccc2ccccc12. The number of fused-ring (bicyclic) bond motifs is 2. The Labute approximate surface area is 136 Å². The summed E-state index contributed by atoms with van der Waals surface area (Å²) in [6.45, 7) is 2.17. The van der Waals surface area contributed by atoms with Crippen LogP contribution in [0.1, 0.15) is 22.7 Å². The van der Waals surface area contributed by atoms with Gasteiger partial charge in [-0.15, -0.1) is 0 Å². The lowest BCUT2D eigenvalue weighted by Crippen LogP contribution is -2.13. The highest BCUT2D eigenvalue weighted by atomic mass is 14.6. The van der Waals surface area contributed by atoms with Crippen molar-refractivity contribution in [2.24, 2.45) is 5.73 Å². The van der Waals surface area contributed by atoms with Crippen molar-refractivity contribution in [1.82, 2.24) is 0 Å². The zero-order chi connectivity index (χ0) is 15.8. The van der Waals surface area contributed by atoms with Crippen LogP contribution in [0, 0.1) is 6.92 Å². The molecule has 0 radical (unpaired) electrons. The highest BCUT2D eigenvalue weighted by molar-refractivity contribution is 5.87. The van der Waals surface area contributed by atoms with E-state index in [-0.39, 0.29) is 6.04 Å². The summed E-state index contributed by atoms with van der Waals surface area (Å²) in [4.78, 5) is 0. The van der Waals surface area contributed by atoms with Crippen molar-refractivity contribution in [3.05, 3.63) is 95.6 Å². The molecule has 1 heteroatoms. The molecule has 0 aromatic heterocycles. The maximum absolute atomic E-state index is 6.60. The lowest BCUT2D eigenvalue weighted by Gasteiger charge is -2.17. The van der Waals surface area contributed by atoms with Crippen LogP contribution in [-0.4, -0.2) is 0 Å². The second-order valence-electron chi connectivity index (χ2n) is 6.09. The van der Waals surface area contributed by atoms with E-state index in [9.17, 15) is 0 Å². The van der Waals surface area contributed by atoms with E-state index in [0.29, 0.717) is 0 Å². The predicted molar refractivity (Wildman–Crippen MR) is 98.7 cm³/mol. The first-order valence-electron chi connectivity index (χ1n) is 7.96. The average molecular weight is 297 g/mol. The molecule has 0 heterocycles. The summed E-state index contributed by atoms with van der Waals surface area (Å²) in [5, 5.41) is 5.03. The maximum atomic E-state index is 6.60. The minimum atomic E-state index is -0.107. The van der Waals surface area contributed by atoms with Gasteiger partial charge in [0.15, 0.2) is 0 Å². The number of benzene rings is 4. The van der Waals surface area contributed by atoms with Gasteiger partial charge in [0.2, 0.25) is 0 Å². The molecule has 112 valence electrons. The zero-order valence-corrected chi connectivity index (χ0v) is 13.2. The van der Waals surface area contributed by atoms with Crippen LogP contribution >= 0.6 is 0 Å². The molecule has 23 heavy (non-hydrogen) atoms. The molecule has 1 nitrogen and oxygen atoms in total. The first-order chi connectivity index (χ1) is 11.2. The number of hydrogen-bond acceptors (Lipinski definition) is 1. The molecule has 4 aromatic carbocycles. The lowest BCUT2D eigenvalue weighted by atomic mass is 9.91. The fourth-order valence-electron chi connectivity index (χ4n) is 3.36. The van der Waals surface area contributed by atoms with Gasteiger partial charge in [-0.05, 0) is 51.2 Å². The van der Waals surface area contributed by atoms with E-state index in [1.807, 2.05) is 0 Å². The van der Waals surface area contributed by atoms with Crippen LogP contribution in [0.3, 0.4) is 0 Å². The Balaban J connectivity index is 1.84. The van der Waals surface area contributed by atoms with Gasteiger partial charge in [-0.3, -0.25) is 0 Å². The molecule has 1 atom stereocenters. The van der Waals surface area contributed by atoms with Gasteiger partial charge in [-0.1, -0.05) is 72.8 Å². The van der Waals surface area contributed by atoms with E-state index in [1.54, 1.807) is 0 Å². The summed E-state index contributed by atoms with van der Waals surface area (Å²) in [5.74, 6) is 0. The maximum Gasteiger partial charge on any atom is 0.0554 e. The van der Waals surface area contributed by atoms with Crippen molar-refractivity contribution >= 4 is 21.5 Å². The van der Waals surface area contributed by atoms with Gasteiger partial charge < -0.3 is 5.73 Å². The number of nitrogens with two attached hydrogens (primary N) is 1. The Kier molecular flexibility index (Phi) is 3.36. The average Bonchev–Trinajstić information content (AvgIpc) is 2.61. The fraction of sp³-hybridized carbons (Fsp3) is 0.0909. The Morgan fingerprint density at radius 1 is 0.696 bits per heavy atom. The first kappa shape index (κ1) is 14.0.